The number of ether oxygens (including phenoxy) is 1. The summed E-state index contributed by atoms with van der Waals surface area (Å²) in [7, 11) is 0. The van der Waals surface area contributed by atoms with Crippen LogP contribution in [-0.2, 0) is 4.74 Å². The summed E-state index contributed by atoms with van der Waals surface area (Å²) in [6.45, 7) is -1.68. The van der Waals surface area contributed by atoms with Crippen molar-refractivity contribution >= 4 is 6.09 Å². The fraction of sp³-hybridized carbons (Fsp3) is 0.889. The largest absolute Gasteiger partial charge is 0.440 e. The molecule has 0 spiro atoms. The Morgan fingerprint density at radius 1 is 1.38 bits per heavy atom. The molecule has 1 fully saturated rings. The van der Waals surface area contributed by atoms with Gasteiger partial charge in [0.2, 0.25) is 0 Å². The molecular weight excluding hydrogens is 227 g/mol. The fourth-order valence-electron chi connectivity index (χ4n) is 1.64. The van der Waals surface area contributed by atoms with E-state index in [1.807, 2.05) is 0 Å². The van der Waals surface area contributed by atoms with E-state index >= 15 is 0 Å². The highest BCUT2D eigenvalue weighted by atomic mass is 19.4. The maximum atomic E-state index is 11.7. The molecule has 0 saturated heterocycles. The van der Waals surface area contributed by atoms with Crippen LogP contribution in [0.2, 0.25) is 0 Å². The average Bonchev–Trinajstić information content (AvgIpc) is 2.59. The van der Waals surface area contributed by atoms with E-state index in [0.717, 1.165) is 12.8 Å². The Balaban J connectivity index is 2.20. The molecule has 16 heavy (non-hydrogen) atoms. The van der Waals surface area contributed by atoms with Crippen molar-refractivity contribution in [1.29, 1.82) is 0 Å². The summed E-state index contributed by atoms with van der Waals surface area (Å²) < 4.78 is 39.0. The molecular formula is C9H14F3NO3. The molecule has 4 nitrogen and oxygen atoms in total. The first-order valence-electron chi connectivity index (χ1n) is 5.01. The second kappa shape index (κ2) is 4.90. The average molecular weight is 241 g/mol. The van der Waals surface area contributed by atoms with Crippen LogP contribution in [0.1, 0.15) is 25.7 Å². The van der Waals surface area contributed by atoms with Crippen LogP contribution in [0.4, 0.5) is 18.0 Å². The van der Waals surface area contributed by atoms with Crippen molar-refractivity contribution in [3.63, 3.8) is 0 Å². The number of amides is 1. The van der Waals surface area contributed by atoms with Gasteiger partial charge in [-0.05, 0) is 12.8 Å². The number of nitrogens with one attached hydrogen (secondary N) is 1. The third-order valence-electron chi connectivity index (χ3n) is 2.46. The van der Waals surface area contributed by atoms with E-state index in [1.165, 1.54) is 0 Å². The van der Waals surface area contributed by atoms with E-state index in [0.29, 0.717) is 12.8 Å². The van der Waals surface area contributed by atoms with Crippen molar-refractivity contribution in [3.05, 3.63) is 0 Å². The molecule has 0 bridgehead atoms. The van der Waals surface area contributed by atoms with E-state index in [1.54, 1.807) is 0 Å². The third-order valence-corrected chi connectivity index (χ3v) is 2.46. The predicted molar refractivity (Wildman–Crippen MR) is 48.8 cm³/mol. The van der Waals surface area contributed by atoms with Gasteiger partial charge in [0.1, 0.15) is 0 Å². The van der Waals surface area contributed by atoms with Crippen LogP contribution >= 0.6 is 0 Å². The summed E-state index contributed by atoms with van der Waals surface area (Å²) in [5.74, 6) is 0. The highest BCUT2D eigenvalue weighted by Crippen LogP contribution is 2.28. The minimum Gasteiger partial charge on any atom is -0.440 e. The first kappa shape index (κ1) is 13.1. The van der Waals surface area contributed by atoms with Crippen LogP contribution in [0.15, 0.2) is 0 Å². The zero-order valence-corrected chi connectivity index (χ0v) is 8.64. The van der Waals surface area contributed by atoms with Crippen molar-refractivity contribution < 1.29 is 27.8 Å². The van der Waals surface area contributed by atoms with E-state index in [2.05, 4.69) is 10.1 Å². The second-order valence-electron chi connectivity index (χ2n) is 3.98. The van der Waals surface area contributed by atoms with Gasteiger partial charge in [0.05, 0.1) is 5.60 Å². The molecule has 1 amide bonds. The van der Waals surface area contributed by atoms with Crippen LogP contribution in [0.5, 0.6) is 0 Å². The molecule has 0 atom stereocenters. The Bertz CT molecular complexity index is 249. The molecule has 94 valence electrons. The monoisotopic (exact) mass is 241 g/mol. The topological polar surface area (TPSA) is 58.6 Å². The van der Waals surface area contributed by atoms with E-state index in [-0.39, 0.29) is 6.54 Å². The van der Waals surface area contributed by atoms with Gasteiger partial charge in [-0.15, -0.1) is 0 Å². The number of carbonyl (C=O) groups excluding carboxylic acids is 1. The maximum absolute atomic E-state index is 11.7. The van der Waals surface area contributed by atoms with Gasteiger partial charge in [-0.1, -0.05) is 12.8 Å². The molecule has 0 unspecified atom stereocenters. The molecule has 0 heterocycles. The lowest BCUT2D eigenvalue weighted by molar-refractivity contribution is -0.160. The van der Waals surface area contributed by atoms with Gasteiger partial charge in [-0.2, -0.15) is 13.2 Å². The van der Waals surface area contributed by atoms with Gasteiger partial charge >= 0.3 is 12.3 Å². The maximum Gasteiger partial charge on any atom is 0.422 e. The summed E-state index contributed by atoms with van der Waals surface area (Å²) in [6.07, 6.45) is -2.87. The Kier molecular flexibility index (Phi) is 4.01. The van der Waals surface area contributed by atoms with Gasteiger partial charge < -0.3 is 15.2 Å². The summed E-state index contributed by atoms with van der Waals surface area (Å²) in [5, 5.41) is 11.9. The summed E-state index contributed by atoms with van der Waals surface area (Å²) in [6, 6.07) is 0. The Hall–Kier alpha value is -0.980. The van der Waals surface area contributed by atoms with Gasteiger partial charge in [0.25, 0.3) is 0 Å². The highest BCUT2D eigenvalue weighted by molar-refractivity contribution is 5.67. The standard InChI is InChI=1S/C9H14F3NO3/c10-9(11,12)6-16-7(14)13-5-8(15)3-1-2-4-8/h15H,1-6H2,(H,13,14). The molecule has 7 heteroatoms. The van der Waals surface area contributed by atoms with Crippen molar-refractivity contribution in [2.24, 2.45) is 0 Å². The predicted octanol–water partition coefficient (Wildman–Crippen LogP) is 1.58. The highest BCUT2D eigenvalue weighted by Gasteiger charge is 2.33. The normalized spacial score (nSPS) is 19.5. The molecule has 2 N–H and O–H groups in total. The molecule has 0 aromatic rings. The first-order chi connectivity index (χ1) is 7.31. The number of aliphatic hydroxyl groups is 1. The van der Waals surface area contributed by atoms with Crippen molar-refractivity contribution in [2.45, 2.75) is 37.5 Å². The van der Waals surface area contributed by atoms with E-state index in [9.17, 15) is 23.1 Å². The molecule has 0 aliphatic heterocycles. The number of hydrogen-bond donors (Lipinski definition) is 2. The number of halogens is 3. The Labute approximate surface area is 90.8 Å². The minimum atomic E-state index is -4.53. The van der Waals surface area contributed by atoms with Gasteiger partial charge in [0.15, 0.2) is 6.61 Å². The smallest absolute Gasteiger partial charge is 0.422 e. The molecule has 0 aromatic carbocycles. The lowest BCUT2D eigenvalue weighted by Crippen LogP contribution is -2.41. The van der Waals surface area contributed by atoms with Crippen molar-refractivity contribution in [2.75, 3.05) is 13.2 Å². The van der Waals surface area contributed by atoms with Crippen molar-refractivity contribution in [3.8, 4) is 0 Å². The number of alkyl halides is 3. The van der Waals surface area contributed by atoms with Crippen LogP contribution in [0.3, 0.4) is 0 Å². The third kappa shape index (κ3) is 4.69. The lowest BCUT2D eigenvalue weighted by atomic mass is 10.0. The van der Waals surface area contributed by atoms with E-state index in [4.69, 9.17) is 0 Å². The Morgan fingerprint density at radius 2 is 1.94 bits per heavy atom. The zero-order valence-electron chi connectivity index (χ0n) is 8.64. The molecule has 0 aromatic heterocycles. The number of rotatable bonds is 3. The number of carbonyl (C=O) groups is 1. The SMILES string of the molecule is O=C(NCC1(O)CCCC1)OCC(F)(F)F. The summed E-state index contributed by atoms with van der Waals surface area (Å²) in [4.78, 5) is 10.8. The first-order valence-corrected chi connectivity index (χ1v) is 5.01. The fourth-order valence-corrected chi connectivity index (χ4v) is 1.64. The van der Waals surface area contributed by atoms with Crippen LogP contribution < -0.4 is 5.32 Å². The molecule has 1 aliphatic rings. The lowest BCUT2D eigenvalue weighted by Gasteiger charge is -2.22. The van der Waals surface area contributed by atoms with Crippen molar-refractivity contribution in [1.82, 2.24) is 5.32 Å². The van der Waals surface area contributed by atoms with Gasteiger partial charge in [0, 0.05) is 6.54 Å². The molecule has 0 radical (unpaired) electrons. The number of hydrogen-bond acceptors (Lipinski definition) is 3. The molecule has 1 rings (SSSR count). The van der Waals surface area contributed by atoms with Gasteiger partial charge in [-0.25, -0.2) is 4.79 Å². The second-order valence-corrected chi connectivity index (χ2v) is 3.98. The minimum absolute atomic E-state index is 0.0658. The van der Waals surface area contributed by atoms with Crippen LogP contribution in [0.25, 0.3) is 0 Å². The van der Waals surface area contributed by atoms with Gasteiger partial charge in [-0.3, -0.25) is 0 Å². The number of alkyl carbamates (subject to hydrolysis) is 1. The molecule has 1 saturated carbocycles. The quantitative estimate of drug-likeness (QED) is 0.788. The van der Waals surface area contributed by atoms with Crippen LogP contribution in [0, 0.1) is 0 Å². The Morgan fingerprint density at radius 3 is 2.44 bits per heavy atom. The molecule has 1 aliphatic carbocycles. The summed E-state index contributed by atoms with van der Waals surface area (Å²) in [5.41, 5.74) is -0.989. The van der Waals surface area contributed by atoms with E-state index < -0.39 is 24.5 Å². The van der Waals surface area contributed by atoms with Crippen LogP contribution in [-0.4, -0.2) is 36.1 Å². The summed E-state index contributed by atoms with van der Waals surface area (Å²) >= 11 is 0. The zero-order chi connectivity index (χ0) is 12.2.